The smallest absolute Gasteiger partial charge is 0.239 e. The van der Waals surface area contributed by atoms with Crippen molar-refractivity contribution in [2.24, 2.45) is 0 Å². The van der Waals surface area contributed by atoms with Gasteiger partial charge in [0.05, 0.1) is 12.3 Å². The SMILES string of the molecule is Cc1c(/C=C/C23OCCN2c2ccccc2S3)c2ccccc2n1CC(=O)NCCS. The highest BCUT2D eigenvalue weighted by Gasteiger charge is 2.47. The number of rotatable bonds is 6. The van der Waals surface area contributed by atoms with Crippen LogP contribution in [0.15, 0.2) is 59.5 Å². The van der Waals surface area contributed by atoms with E-state index >= 15 is 0 Å². The van der Waals surface area contributed by atoms with Crippen molar-refractivity contribution in [2.45, 2.75) is 23.4 Å². The molecular formula is C24H25N3O2S2. The summed E-state index contributed by atoms with van der Waals surface area (Å²) in [5, 5.41) is 3.54. The van der Waals surface area contributed by atoms with E-state index in [2.05, 4.69) is 82.9 Å². The van der Waals surface area contributed by atoms with Crippen molar-refractivity contribution in [1.82, 2.24) is 9.88 Å². The average Bonchev–Trinajstić information content (AvgIpc) is 3.40. The Morgan fingerprint density at radius 2 is 2.06 bits per heavy atom. The van der Waals surface area contributed by atoms with Crippen molar-refractivity contribution in [3.63, 3.8) is 0 Å². The molecule has 7 heteroatoms. The summed E-state index contributed by atoms with van der Waals surface area (Å²) in [6.07, 6.45) is 4.34. The molecule has 3 heterocycles. The Morgan fingerprint density at radius 3 is 2.94 bits per heavy atom. The molecule has 160 valence electrons. The molecule has 2 aromatic carbocycles. The molecule has 1 N–H and O–H groups in total. The van der Waals surface area contributed by atoms with Crippen molar-refractivity contribution in [3.8, 4) is 0 Å². The fraction of sp³-hybridized carbons (Fsp3) is 0.292. The second kappa shape index (κ2) is 8.30. The maximum Gasteiger partial charge on any atom is 0.239 e. The molecule has 0 bridgehead atoms. The van der Waals surface area contributed by atoms with E-state index in [1.54, 1.807) is 11.8 Å². The Balaban J connectivity index is 1.51. The highest BCUT2D eigenvalue weighted by Crippen LogP contribution is 2.53. The Labute approximate surface area is 191 Å². The van der Waals surface area contributed by atoms with Gasteiger partial charge >= 0.3 is 0 Å². The molecule has 1 unspecified atom stereocenters. The number of fused-ring (bicyclic) bond motifs is 4. The Kier molecular flexibility index (Phi) is 5.50. The first-order valence-electron chi connectivity index (χ1n) is 10.5. The number of carbonyl (C=O) groups is 1. The summed E-state index contributed by atoms with van der Waals surface area (Å²) in [7, 11) is 0. The lowest BCUT2D eigenvalue weighted by Gasteiger charge is -2.27. The van der Waals surface area contributed by atoms with Gasteiger partial charge in [0, 0.05) is 45.9 Å². The summed E-state index contributed by atoms with van der Waals surface area (Å²) >= 11 is 5.92. The molecule has 5 rings (SSSR count). The minimum atomic E-state index is -0.511. The zero-order valence-corrected chi connectivity index (χ0v) is 19.1. The molecule has 2 aliphatic heterocycles. The van der Waals surface area contributed by atoms with Crippen LogP contribution in [0.3, 0.4) is 0 Å². The van der Waals surface area contributed by atoms with Gasteiger partial charge in [-0.05, 0) is 31.2 Å². The van der Waals surface area contributed by atoms with Crippen LogP contribution in [0.5, 0.6) is 0 Å². The lowest BCUT2D eigenvalue weighted by molar-refractivity contribution is -0.121. The summed E-state index contributed by atoms with van der Waals surface area (Å²) in [6.45, 7) is 4.52. The minimum Gasteiger partial charge on any atom is -0.354 e. The van der Waals surface area contributed by atoms with E-state index in [1.165, 1.54) is 10.6 Å². The number of aromatic nitrogens is 1. The lowest BCUT2D eigenvalue weighted by atomic mass is 10.1. The quantitative estimate of drug-likeness (QED) is 0.549. The van der Waals surface area contributed by atoms with Crippen molar-refractivity contribution in [1.29, 1.82) is 0 Å². The number of nitrogens with zero attached hydrogens (tertiary/aromatic N) is 2. The van der Waals surface area contributed by atoms with Gasteiger partial charge in [0.25, 0.3) is 0 Å². The molecule has 0 radical (unpaired) electrons. The molecule has 0 aliphatic carbocycles. The van der Waals surface area contributed by atoms with E-state index in [-0.39, 0.29) is 5.91 Å². The van der Waals surface area contributed by atoms with Gasteiger partial charge in [-0.1, -0.05) is 48.2 Å². The first kappa shape index (κ1) is 20.5. The summed E-state index contributed by atoms with van der Waals surface area (Å²) < 4.78 is 8.35. The third-order valence-corrected chi connectivity index (χ3v) is 7.44. The van der Waals surface area contributed by atoms with Gasteiger partial charge in [-0.3, -0.25) is 4.79 Å². The zero-order chi connectivity index (χ0) is 21.4. The number of para-hydroxylation sites is 2. The lowest BCUT2D eigenvalue weighted by Crippen LogP contribution is -2.36. The zero-order valence-electron chi connectivity index (χ0n) is 17.4. The number of amides is 1. The molecule has 1 fully saturated rings. The number of carbonyl (C=O) groups excluding carboxylic acids is 1. The van der Waals surface area contributed by atoms with Crippen molar-refractivity contribution in [3.05, 3.63) is 65.9 Å². The van der Waals surface area contributed by atoms with E-state index < -0.39 is 5.06 Å². The van der Waals surface area contributed by atoms with Gasteiger partial charge in [0.1, 0.15) is 6.54 Å². The van der Waals surface area contributed by atoms with Gasteiger partial charge in [-0.25, -0.2) is 0 Å². The number of thioether (sulfide) groups is 1. The fourth-order valence-electron chi connectivity index (χ4n) is 4.44. The van der Waals surface area contributed by atoms with Gasteiger partial charge in [-0.15, -0.1) is 0 Å². The molecule has 0 saturated carbocycles. The van der Waals surface area contributed by atoms with Crippen molar-refractivity contribution in [2.75, 3.05) is 30.3 Å². The largest absolute Gasteiger partial charge is 0.354 e. The standard InChI is InChI=1S/C24H25N3O2S2/c1-17-18(19-6-2-3-7-20(19)26(17)16-23(28)25-12-15-30)10-11-24-27(13-14-29-24)21-8-4-5-9-22(21)31-24/h2-11,30H,12-16H2,1H3,(H,25,28)/b11-10+. The maximum atomic E-state index is 12.4. The Bertz CT molecular complexity index is 1170. The van der Waals surface area contributed by atoms with Gasteiger partial charge < -0.3 is 19.5 Å². The molecule has 0 spiro atoms. The Hall–Kier alpha value is -2.35. The molecule has 3 aromatic rings. The topological polar surface area (TPSA) is 46.5 Å². The molecule has 2 aliphatic rings. The van der Waals surface area contributed by atoms with Crippen LogP contribution in [0.2, 0.25) is 0 Å². The molecule has 1 atom stereocenters. The van der Waals surface area contributed by atoms with Gasteiger partial charge in [-0.2, -0.15) is 12.6 Å². The summed E-state index contributed by atoms with van der Waals surface area (Å²) in [4.78, 5) is 16.0. The molecular weight excluding hydrogens is 426 g/mol. The number of anilines is 1. The van der Waals surface area contributed by atoms with Crippen LogP contribution in [0.4, 0.5) is 5.69 Å². The summed E-state index contributed by atoms with van der Waals surface area (Å²) in [6, 6.07) is 16.7. The number of ether oxygens (including phenoxy) is 1. The number of hydrogen-bond acceptors (Lipinski definition) is 5. The Morgan fingerprint density at radius 1 is 1.26 bits per heavy atom. The van der Waals surface area contributed by atoms with Crippen LogP contribution in [-0.2, 0) is 16.1 Å². The second-order valence-corrected chi connectivity index (χ2v) is 9.39. The van der Waals surface area contributed by atoms with E-state index in [0.29, 0.717) is 25.4 Å². The van der Waals surface area contributed by atoms with Crippen LogP contribution in [0.1, 0.15) is 11.3 Å². The normalized spacial score (nSPS) is 19.9. The third kappa shape index (κ3) is 3.54. The molecule has 1 amide bonds. The number of thiol groups is 1. The fourth-order valence-corrected chi connectivity index (χ4v) is 5.88. The summed E-state index contributed by atoms with van der Waals surface area (Å²) in [5.74, 6) is 0.628. The predicted octanol–water partition coefficient (Wildman–Crippen LogP) is 4.31. The van der Waals surface area contributed by atoms with Crippen LogP contribution < -0.4 is 10.2 Å². The third-order valence-electron chi connectivity index (χ3n) is 5.89. The molecule has 1 saturated heterocycles. The highest BCUT2D eigenvalue weighted by molar-refractivity contribution is 8.01. The predicted molar refractivity (Wildman–Crippen MR) is 131 cm³/mol. The first-order valence-corrected chi connectivity index (χ1v) is 11.9. The van der Waals surface area contributed by atoms with Crippen LogP contribution in [-0.4, -0.2) is 41.0 Å². The highest BCUT2D eigenvalue weighted by atomic mass is 32.2. The first-order chi connectivity index (χ1) is 15.1. The van der Waals surface area contributed by atoms with Crippen molar-refractivity contribution >= 4 is 53.0 Å². The van der Waals surface area contributed by atoms with E-state index in [0.717, 1.165) is 28.7 Å². The van der Waals surface area contributed by atoms with E-state index in [1.807, 2.05) is 12.1 Å². The molecule has 31 heavy (non-hydrogen) atoms. The average molecular weight is 452 g/mol. The van der Waals surface area contributed by atoms with Gasteiger partial charge in [0.15, 0.2) is 0 Å². The monoisotopic (exact) mass is 451 g/mol. The van der Waals surface area contributed by atoms with E-state index in [9.17, 15) is 4.79 Å². The molecule has 5 nitrogen and oxygen atoms in total. The van der Waals surface area contributed by atoms with Crippen molar-refractivity contribution < 1.29 is 9.53 Å². The maximum absolute atomic E-state index is 12.4. The second-order valence-electron chi connectivity index (χ2n) is 7.71. The number of benzene rings is 2. The van der Waals surface area contributed by atoms with E-state index in [4.69, 9.17) is 4.74 Å². The number of hydrogen-bond donors (Lipinski definition) is 2. The van der Waals surface area contributed by atoms with Crippen LogP contribution in [0.25, 0.3) is 17.0 Å². The number of nitrogens with one attached hydrogen (secondary N) is 1. The molecule has 1 aromatic heterocycles. The summed E-state index contributed by atoms with van der Waals surface area (Å²) in [5.41, 5.74) is 4.48. The minimum absolute atomic E-state index is 0.000809. The van der Waals surface area contributed by atoms with Crippen LogP contribution in [0, 0.1) is 6.92 Å². The van der Waals surface area contributed by atoms with Crippen LogP contribution >= 0.6 is 24.4 Å². The van der Waals surface area contributed by atoms with Gasteiger partial charge in [0.2, 0.25) is 11.0 Å².